The van der Waals surface area contributed by atoms with E-state index in [1.54, 1.807) is 0 Å². The SMILES string of the molecule is O=CNCCNc1cnc2cc(F)c(F)cc2n1. The topological polar surface area (TPSA) is 66.9 Å². The first-order valence-electron chi connectivity index (χ1n) is 5.23. The van der Waals surface area contributed by atoms with Crippen molar-refractivity contribution < 1.29 is 13.6 Å². The summed E-state index contributed by atoms with van der Waals surface area (Å²) in [5.74, 6) is -1.48. The molecule has 18 heavy (non-hydrogen) atoms. The Balaban J connectivity index is 2.16. The zero-order chi connectivity index (χ0) is 13.0. The Labute approximate surface area is 101 Å². The molecule has 7 heteroatoms. The molecule has 1 amide bonds. The second kappa shape index (κ2) is 5.35. The highest BCUT2D eigenvalue weighted by Crippen LogP contribution is 2.16. The molecule has 2 rings (SSSR count). The molecule has 1 heterocycles. The predicted molar refractivity (Wildman–Crippen MR) is 62.0 cm³/mol. The Bertz CT molecular complexity index is 576. The van der Waals surface area contributed by atoms with E-state index in [0.29, 0.717) is 25.3 Å². The van der Waals surface area contributed by atoms with E-state index in [0.717, 1.165) is 12.1 Å². The van der Waals surface area contributed by atoms with E-state index in [1.165, 1.54) is 6.20 Å². The summed E-state index contributed by atoms with van der Waals surface area (Å²) in [7, 11) is 0. The number of carbonyl (C=O) groups is 1. The van der Waals surface area contributed by atoms with Gasteiger partial charge in [-0.15, -0.1) is 0 Å². The number of hydrogen-bond acceptors (Lipinski definition) is 4. The Morgan fingerprint density at radius 2 is 1.89 bits per heavy atom. The fourth-order valence-corrected chi connectivity index (χ4v) is 1.41. The monoisotopic (exact) mass is 252 g/mol. The van der Waals surface area contributed by atoms with Crippen molar-refractivity contribution in [1.82, 2.24) is 15.3 Å². The van der Waals surface area contributed by atoms with Crippen molar-refractivity contribution in [2.45, 2.75) is 0 Å². The second-order valence-corrected chi connectivity index (χ2v) is 3.51. The number of anilines is 1. The molecule has 0 atom stereocenters. The number of amides is 1. The van der Waals surface area contributed by atoms with Gasteiger partial charge in [0.1, 0.15) is 5.82 Å². The van der Waals surface area contributed by atoms with E-state index in [2.05, 4.69) is 20.6 Å². The quantitative estimate of drug-likeness (QED) is 0.617. The highest BCUT2D eigenvalue weighted by molar-refractivity contribution is 5.75. The van der Waals surface area contributed by atoms with Gasteiger partial charge in [0.25, 0.3) is 0 Å². The Hall–Kier alpha value is -2.31. The van der Waals surface area contributed by atoms with Gasteiger partial charge in [0.15, 0.2) is 11.6 Å². The van der Waals surface area contributed by atoms with Gasteiger partial charge in [-0.3, -0.25) is 9.78 Å². The molecule has 5 nitrogen and oxygen atoms in total. The number of fused-ring (bicyclic) bond motifs is 1. The molecular formula is C11H10F2N4O. The van der Waals surface area contributed by atoms with Crippen LogP contribution in [0.4, 0.5) is 14.6 Å². The summed E-state index contributed by atoms with van der Waals surface area (Å²) in [6.07, 6.45) is 2.01. The summed E-state index contributed by atoms with van der Waals surface area (Å²) in [5.41, 5.74) is 0.549. The lowest BCUT2D eigenvalue weighted by molar-refractivity contribution is -0.109. The van der Waals surface area contributed by atoms with Crippen molar-refractivity contribution in [3.63, 3.8) is 0 Å². The first-order chi connectivity index (χ1) is 8.70. The molecule has 0 aliphatic heterocycles. The van der Waals surface area contributed by atoms with Gasteiger partial charge in [-0.1, -0.05) is 0 Å². The Kier molecular flexibility index (Phi) is 3.61. The number of nitrogens with zero attached hydrogens (tertiary/aromatic N) is 2. The highest BCUT2D eigenvalue weighted by Gasteiger charge is 2.06. The average molecular weight is 252 g/mol. The van der Waals surface area contributed by atoms with Crippen molar-refractivity contribution in [3.8, 4) is 0 Å². The molecule has 0 unspecified atom stereocenters. The van der Waals surface area contributed by atoms with Crippen LogP contribution >= 0.6 is 0 Å². The van der Waals surface area contributed by atoms with E-state index in [-0.39, 0.29) is 11.0 Å². The van der Waals surface area contributed by atoms with Gasteiger partial charge >= 0.3 is 0 Å². The maximum atomic E-state index is 13.0. The van der Waals surface area contributed by atoms with Crippen molar-refractivity contribution in [1.29, 1.82) is 0 Å². The van der Waals surface area contributed by atoms with Gasteiger partial charge in [0, 0.05) is 25.2 Å². The lowest BCUT2D eigenvalue weighted by Gasteiger charge is -2.05. The third-order valence-electron chi connectivity index (χ3n) is 2.24. The van der Waals surface area contributed by atoms with Gasteiger partial charge in [-0.2, -0.15) is 0 Å². The molecule has 0 bridgehead atoms. The minimum absolute atomic E-state index is 0.266. The molecule has 1 aromatic carbocycles. The summed E-state index contributed by atoms with van der Waals surface area (Å²) >= 11 is 0. The molecule has 0 saturated heterocycles. The van der Waals surface area contributed by atoms with Crippen molar-refractivity contribution in [2.24, 2.45) is 0 Å². The molecule has 0 saturated carbocycles. The molecule has 0 aliphatic carbocycles. The Morgan fingerprint density at radius 3 is 2.61 bits per heavy atom. The van der Waals surface area contributed by atoms with E-state index in [9.17, 15) is 13.6 Å². The number of nitrogens with one attached hydrogen (secondary N) is 2. The fourth-order valence-electron chi connectivity index (χ4n) is 1.41. The predicted octanol–water partition coefficient (Wildman–Crippen LogP) is 1.07. The number of aromatic nitrogens is 2. The third kappa shape index (κ3) is 2.68. The molecule has 2 N–H and O–H groups in total. The minimum Gasteiger partial charge on any atom is -0.367 e. The molecular weight excluding hydrogens is 242 g/mol. The highest BCUT2D eigenvalue weighted by atomic mass is 19.2. The largest absolute Gasteiger partial charge is 0.367 e. The van der Waals surface area contributed by atoms with Crippen LogP contribution in [0.1, 0.15) is 0 Å². The summed E-state index contributed by atoms with van der Waals surface area (Å²) < 4.78 is 26.0. The van der Waals surface area contributed by atoms with Gasteiger partial charge in [-0.05, 0) is 0 Å². The van der Waals surface area contributed by atoms with Crippen LogP contribution < -0.4 is 10.6 Å². The van der Waals surface area contributed by atoms with Crippen LogP contribution in [-0.4, -0.2) is 29.5 Å². The summed E-state index contributed by atoms with van der Waals surface area (Å²) in [5, 5.41) is 5.37. The number of halogens is 2. The zero-order valence-electron chi connectivity index (χ0n) is 9.28. The van der Waals surface area contributed by atoms with Gasteiger partial charge < -0.3 is 10.6 Å². The minimum atomic E-state index is -0.962. The van der Waals surface area contributed by atoms with Crippen LogP contribution in [-0.2, 0) is 4.79 Å². The lowest BCUT2D eigenvalue weighted by atomic mass is 10.3. The van der Waals surface area contributed by atoms with Crippen LogP contribution in [0.2, 0.25) is 0 Å². The van der Waals surface area contributed by atoms with Gasteiger partial charge in [0.05, 0.1) is 17.2 Å². The van der Waals surface area contributed by atoms with Crippen LogP contribution in [0.15, 0.2) is 18.3 Å². The van der Waals surface area contributed by atoms with E-state index in [4.69, 9.17) is 0 Å². The second-order valence-electron chi connectivity index (χ2n) is 3.51. The number of rotatable bonds is 5. The molecule has 0 fully saturated rings. The fraction of sp³-hybridized carbons (Fsp3) is 0.182. The van der Waals surface area contributed by atoms with E-state index >= 15 is 0 Å². The van der Waals surface area contributed by atoms with Gasteiger partial charge in [0.2, 0.25) is 6.41 Å². The molecule has 2 aromatic rings. The summed E-state index contributed by atoms with van der Waals surface area (Å²) in [4.78, 5) is 18.1. The maximum Gasteiger partial charge on any atom is 0.207 e. The number of benzene rings is 1. The smallest absolute Gasteiger partial charge is 0.207 e. The number of carbonyl (C=O) groups excluding carboxylic acids is 1. The molecule has 1 aromatic heterocycles. The van der Waals surface area contributed by atoms with Gasteiger partial charge in [-0.25, -0.2) is 13.8 Å². The molecule has 0 radical (unpaired) electrons. The zero-order valence-corrected chi connectivity index (χ0v) is 9.28. The maximum absolute atomic E-state index is 13.0. The molecule has 0 spiro atoms. The van der Waals surface area contributed by atoms with E-state index in [1.807, 2.05) is 0 Å². The Morgan fingerprint density at radius 1 is 1.17 bits per heavy atom. The first-order valence-corrected chi connectivity index (χ1v) is 5.23. The van der Waals surface area contributed by atoms with Crippen molar-refractivity contribution >= 4 is 23.3 Å². The average Bonchev–Trinajstić information content (AvgIpc) is 2.36. The molecule has 94 valence electrons. The van der Waals surface area contributed by atoms with Crippen molar-refractivity contribution in [2.75, 3.05) is 18.4 Å². The number of hydrogen-bond donors (Lipinski definition) is 2. The summed E-state index contributed by atoms with van der Waals surface area (Å²) in [6.45, 7) is 0.892. The van der Waals surface area contributed by atoms with E-state index < -0.39 is 11.6 Å². The normalized spacial score (nSPS) is 10.3. The lowest BCUT2D eigenvalue weighted by Crippen LogP contribution is -2.20. The summed E-state index contributed by atoms with van der Waals surface area (Å²) in [6, 6.07) is 1.99. The van der Waals surface area contributed by atoms with Crippen molar-refractivity contribution in [3.05, 3.63) is 30.0 Å². The van der Waals surface area contributed by atoms with Crippen LogP contribution in [0, 0.1) is 11.6 Å². The molecule has 0 aliphatic rings. The first kappa shape index (κ1) is 12.2. The third-order valence-corrected chi connectivity index (χ3v) is 2.24. The van der Waals surface area contributed by atoms with Crippen LogP contribution in [0.5, 0.6) is 0 Å². The van der Waals surface area contributed by atoms with Crippen LogP contribution in [0.3, 0.4) is 0 Å². The standard InChI is InChI=1S/C11H10F2N4O/c12-7-3-9-10(4-8(7)13)17-11(5-16-9)15-2-1-14-6-18/h3-6H,1-2H2,(H,14,18)(H,15,17). The van der Waals surface area contributed by atoms with Crippen LogP contribution in [0.25, 0.3) is 11.0 Å².